The predicted octanol–water partition coefficient (Wildman–Crippen LogP) is 9.25. The van der Waals surface area contributed by atoms with Gasteiger partial charge in [0.2, 0.25) is 0 Å². The number of nitriles is 4. The van der Waals surface area contributed by atoms with E-state index >= 15 is 0 Å². The largest absolute Gasteiger partial charge is 0.493 e. The maximum atomic E-state index is 9.01. The van der Waals surface area contributed by atoms with E-state index in [9.17, 15) is 0 Å². The molecule has 6 nitrogen and oxygen atoms in total. The smallest absolute Gasteiger partial charge is 0.130 e. The number of hydrogen-bond donors (Lipinski definition) is 0. The van der Waals surface area contributed by atoms with E-state index in [-0.39, 0.29) is 11.1 Å². The first-order valence-corrected chi connectivity index (χ1v) is 14.6. The first kappa shape index (κ1) is 32.7. The van der Waals surface area contributed by atoms with E-state index in [2.05, 4.69) is 13.8 Å². The van der Waals surface area contributed by atoms with Gasteiger partial charge in [-0.1, -0.05) is 99.5 Å². The topological polar surface area (TPSA) is 114 Å². The van der Waals surface area contributed by atoms with Crippen LogP contribution in [-0.2, 0) is 0 Å². The van der Waals surface area contributed by atoms with Crippen LogP contribution in [0.3, 0.4) is 0 Å². The molecule has 3 rings (SSSR count). The van der Waals surface area contributed by atoms with Gasteiger partial charge in [0.1, 0.15) is 46.9 Å². The third-order valence-electron chi connectivity index (χ3n) is 6.54. The van der Waals surface area contributed by atoms with Crippen LogP contribution in [0.1, 0.15) is 72.9 Å². The molecule has 0 heterocycles. The van der Waals surface area contributed by atoms with E-state index in [1.807, 2.05) is 109 Å². The highest BCUT2D eigenvalue weighted by Gasteiger charge is 2.10. The molecular formula is C38H34N4O2. The van der Waals surface area contributed by atoms with E-state index in [0.717, 1.165) is 70.6 Å². The molecule has 3 aromatic carbocycles. The van der Waals surface area contributed by atoms with Crippen molar-refractivity contribution >= 4 is 36.5 Å². The third-order valence-corrected chi connectivity index (χ3v) is 6.54. The van der Waals surface area contributed by atoms with Crippen molar-refractivity contribution in [1.82, 2.24) is 0 Å². The SMILES string of the molecule is CCCCOc1cc(/C=C/c2ccc(C=C(C#N)C#N)cc2)c(OCCCC)cc1/C=C/c1ccc(C=C(C#N)C#N)cc1. The number of benzene rings is 3. The maximum Gasteiger partial charge on any atom is 0.130 e. The average Bonchev–Trinajstić information content (AvgIpc) is 3.06. The lowest BCUT2D eigenvalue weighted by Crippen LogP contribution is -2.02. The summed E-state index contributed by atoms with van der Waals surface area (Å²) < 4.78 is 12.5. The number of allylic oxidation sites excluding steroid dienone is 2. The zero-order chi connectivity index (χ0) is 31.6. The van der Waals surface area contributed by atoms with Crippen LogP contribution in [0.25, 0.3) is 36.5 Å². The fourth-order valence-corrected chi connectivity index (χ4v) is 4.05. The van der Waals surface area contributed by atoms with Crippen molar-refractivity contribution < 1.29 is 9.47 Å². The number of unbranched alkanes of at least 4 members (excludes halogenated alkanes) is 2. The Labute approximate surface area is 260 Å². The summed E-state index contributed by atoms with van der Waals surface area (Å²) in [6.07, 6.45) is 15.0. The normalized spacial score (nSPS) is 10.3. The first-order valence-electron chi connectivity index (χ1n) is 14.6. The van der Waals surface area contributed by atoms with Gasteiger partial charge in [0.15, 0.2) is 0 Å². The second kappa shape index (κ2) is 17.9. The summed E-state index contributed by atoms with van der Waals surface area (Å²) in [5.41, 5.74) is 5.41. The van der Waals surface area contributed by atoms with Crippen molar-refractivity contribution in [3.05, 3.63) is 105 Å². The van der Waals surface area contributed by atoms with Crippen LogP contribution < -0.4 is 9.47 Å². The van der Waals surface area contributed by atoms with Crippen LogP contribution in [0, 0.1) is 45.3 Å². The molecule has 0 fully saturated rings. The molecule has 0 spiro atoms. The zero-order valence-corrected chi connectivity index (χ0v) is 25.1. The lowest BCUT2D eigenvalue weighted by Gasteiger charge is -2.15. The fourth-order valence-electron chi connectivity index (χ4n) is 4.05. The number of rotatable bonds is 14. The van der Waals surface area contributed by atoms with Crippen LogP contribution in [0.2, 0.25) is 0 Å². The standard InChI is InChI=1S/C38H34N4O2/c1-3-5-19-43-37-23-36(18-16-30-9-13-32(14-10-30)22-34(27-41)28-42)38(44-20-6-4-2)24-35(37)17-15-29-7-11-31(12-8-29)21-33(25-39)26-40/h7-18,21-24H,3-6,19-20H2,1-2H3/b17-15+,18-16+. The lowest BCUT2D eigenvalue weighted by atomic mass is 10.0. The molecule has 0 aromatic heterocycles. The molecule has 0 aliphatic heterocycles. The molecule has 44 heavy (non-hydrogen) atoms. The summed E-state index contributed by atoms with van der Waals surface area (Å²) >= 11 is 0. The molecule has 218 valence electrons. The predicted molar refractivity (Wildman–Crippen MR) is 176 cm³/mol. The van der Waals surface area contributed by atoms with Crippen molar-refractivity contribution in [2.45, 2.75) is 39.5 Å². The van der Waals surface area contributed by atoms with Crippen LogP contribution in [-0.4, -0.2) is 13.2 Å². The molecule has 0 aliphatic carbocycles. The fraction of sp³-hybridized carbons (Fsp3) is 0.211. The minimum atomic E-state index is 0.0610. The van der Waals surface area contributed by atoms with Gasteiger partial charge in [-0.2, -0.15) is 21.0 Å². The molecule has 3 aromatic rings. The van der Waals surface area contributed by atoms with Crippen molar-refractivity contribution in [3.8, 4) is 35.8 Å². The van der Waals surface area contributed by atoms with E-state index in [1.54, 1.807) is 12.2 Å². The van der Waals surface area contributed by atoms with Crippen molar-refractivity contribution in [2.75, 3.05) is 13.2 Å². The number of hydrogen-bond acceptors (Lipinski definition) is 6. The van der Waals surface area contributed by atoms with Crippen LogP contribution in [0.5, 0.6) is 11.5 Å². The Bertz CT molecular complexity index is 1540. The third kappa shape index (κ3) is 10.2. The van der Waals surface area contributed by atoms with Gasteiger partial charge in [-0.15, -0.1) is 0 Å². The maximum absolute atomic E-state index is 9.01. The highest BCUT2D eigenvalue weighted by atomic mass is 16.5. The molecular weight excluding hydrogens is 544 g/mol. The van der Waals surface area contributed by atoms with Crippen molar-refractivity contribution in [2.24, 2.45) is 0 Å². The van der Waals surface area contributed by atoms with Gasteiger partial charge in [-0.05, 0) is 59.4 Å². The van der Waals surface area contributed by atoms with Crippen molar-refractivity contribution in [3.63, 3.8) is 0 Å². The summed E-state index contributed by atoms with van der Waals surface area (Å²) in [5.74, 6) is 1.51. The summed E-state index contributed by atoms with van der Waals surface area (Å²) in [7, 11) is 0. The lowest BCUT2D eigenvalue weighted by molar-refractivity contribution is 0.300. The van der Waals surface area contributed by atoms with Crippen LogP contribution in [0.4, 0.5) is 0 Å². The van der Waals surface area contributed by atoms with Gasteiger partial charge < -0.3 is 9.47 Å². The molecule has 0 atom stereocenters. The molecule has 0 radical (unpaired) electrons. The van der Waals surface area contributed by atoms with E-state index in [4.69, 9.17) is 30.5 Å². The van der Waals surface area contributed by atoms with Gasteiger partial charge in [-0.25, -0.2) is 0 Å². The zero-order valence-electron chi connectivity index (χ0n) is 25.1. The summed E-state index contributed by atoms with van der Waals surface area (Å²) in [4.78, 5) is 0. The Morgan fingerprint density at radius 3 is 1.20 bits per heavy atom. The monoisotopic (exact) mass is 578 g/mol. The van der Waals surface area contributed by atoms with Gasteiger partial charge in [0.25, 0.3) is 0 Å². The average molecular weight is 579 g/mol. The summed E-state index contributed by atoms with van der Waals surface area (Å²) in [5, 5.41) is 36.0. The van der Waals surface area contributed by atoms with Gasteiger partial charge in [-0.3, -0.25) is 0 Å². The molecule has 6 heteroatoms. The minimum absolute atomic E-state index is 0.0610. The highest BCUT2D eigenvalue weighted by molar-refractivity contribution is 5.79. The Balaban J connectivity index is 1.95. The molecule has 0 saturated carbocycles. The van der Waals surface area contributed by atoms with Crippen LogP contribution >= 0.6 is 0 Å². The quantitative estimate of drug-likeness (QED) is 0.107. The highest BCUT2D eigenvalue weighted by Crippen LogP contribution is 2.33. The Kier molecular flexibility index (Phi) is 13.3. The molecule has 0 unspecified atom stereocenters. The molecule has 0 aliphatic rings. The minimum Gasteiger partial charge on any atom is -0.493 e. The van der Waals surface area contributed by atoms with E-state index in [1.165, 1.54) is 0 Å². The summed E-state index contributed by atoms with van der Waals surface area (Å²) in [6.45, 7) is 5.45. The van der Waals surface area contributed by atoms with Crippen molar-refractivity contribution in [1.29, 1.82) is 21.0 Å². The Morgan fingerprint density at radius 1 is 0.545 bits per heavy atom. The van der Waals surface area contributed by atoms with Gasteiger partial charge >= 0.3 is 0 Å². The molecule has 0 amide bonds. The summed E-state index contributed by atoms with van der Waals surface area (Å²) in [6, 6.07) is 26.8. The van der Waals surface area contributed by atoms with E-state index in [0.29, 0.717) is 13.2 Å². The number of nitrogens with zero attached hydrogens (tertiary/aromatic N) is 4. The Morgan fingerprint density at radius 2 is 0.886 bits per heavy atom. The second-order valence-corrected chi connectivity index (χ2v) is 9.90. The molecule has 0 saturated heterocycles. The van der Waals surface area contributed by atoms with Gasteiger partial charge in [0.05, 0.1) is 13.2 Å². The molecule has 0 N–H and O–H groups in total. The van der Waals surface area contributed by atoms with E-state index < -0.39 is 0 Å². The Hall–Kier alpha value is -5.82. The second-order valence-electron chi connectivity index (χ2n) is 9.90. The number of ether oxygens (including phenoxy) is 2. The first-order chi connectivity index (χ1) is 21.5. The van der Waals surface area contributed by atoms with Gasteiger partial charge in [0, 0.05) is 11.1 Å². The molecule has 0 bridgehead atoms. The van der Waals surface area contributed by atoms with Crippen LogP contribution in [0.15, 0.2) is 71.8 Å².